The van der Waals surface area contributed by atoms with Crippen molar-refractivity contribution in [1.82, 2.24) is 4.72 Å². The first-order valence-corrected chi connectivity index (χ1v) is 4.45. The molecule has 0 aliphatic heterocycles. The summed E-state index contributed by atoms with van der Waals surface area (Å²) < 4.78 is 3.23. The van der Waals surface area contributed by atoms with Crippen LogP contribution in [0.15, 0.2) is 0 Å². The smallest absolute Gasteiger partial charge is 0.00589 e. The first-order valence-electron chi connectivity index (χ1n) is 3.46. The molecule has 0 fully saturated rings. The molecule has 2 nitrogen and oxygen atoms in total. The lowest BCUT2D eigenvalue weighted by molar-refractivity contribution is 0.733. The van der Waals surface area contributed by atoms with E-state index in [1.807, 2.05) is 0 Å². The monoisotopic (exact) mass is 148 g/mol. The molecule has 0 aromatic rings. The minimum atomic E-state index is 0.818. The fraction of sp³-hybridized carbons (Fsp3) is 1.00. The Morgan fingerprint density at radius 3 is 2.78 bits per heavy atom. The molecule has 0 saturated heterocycles. The van der Waals surface area contributed by atoms with Crippen molar-refractivity contribution >= 4 is 11.9 Å². The molecule has 0 saturated carbocycles. The molecule has 0 heterocycles. The summed E-state index contributed by atoms with van der Waals surface area (Å²) in [5, 5.41) is 0. The van der Waals surface area contributed by atoms with Crippen LogP contribution in [0.25, 0.3) is 0 Å². The SMILES string of the molecule is CCSNCCCCN. The van der Waals surface area contributed by atoms with Gasteiger partial charge in [0.25, 0.3) is 0 Å². The third kappa shape index (κ3) is 8.27. The van der Waals surface area contributed by atoms with Gasteiger partial charge in [0.05, 0.1) is 0 Å². The van der Waals surface area contributed by atoms with Crippen LogP contribution in [0.4, 0.5) is 0 Å². The minimum absolute atomic E-state index is 0.818. The van der Waals surface area contributed by atoms with Crippen molar-refractivity contribution in [2.75, 3.05) is 18.8 Å². The van der Waals surface area contributed by atoms with Crippen molar-refractivity contribution < 1.29 is 0 Å². The van der Waals surface area contributed by atoms with E-state index >= 15 is 0 Å². The van der Waals surface area contributed by atoms with E-state index in [0.29, 0.717) is 0 Å². The lowest BCUT2D eigenvalue weighted by atomic mass is 10.3. The number of nitrogens with one attached hydrogen (secondary N) is 1. The van der Waals surface area contributed by atoms with E-state index < -0.39 is 0 Å². The summed E-state index contributed by atoms with van der Waals surface area (Å²) in [6, 6.07) is 0. The number of hydrogen-bond donors (Lipinski definition) is 2. The lowest BCUT2D eigenvalue weighted by Gasteiger charge is -1.99. The summed E-state index contributed by atoms with van der Waals surface area (Å²) in [4.78, 5) is 0. The Bertz CT molecular complexity index is 44.3. The van der Waals surface area contributed by atoms with Gasteiger partial charge in [-0.05, 0) is 19.4 Å². The summed E-state index contributed by atoms with van der Waals surface area (Å²) in [6.45, 7) is 4.05. The van der Waals surface area contributed by atoms with Crippen molar-refractivity contribution in [1.29, 1.82) is 0 Å². The Morgan fingerprint density at radius 2 is 2.22 bits per heavy atom. The zero-order chi connectivity index (χ0) is 6.95. The molecule has 0 aliphatic carbocycles. The molecule has 0 spiro atoms. The second kappa shape index (κ2) is 8.27. The van der Waals surface area contributed by atoms with Crippen LogP contribution < -0.4 is 10.5 Å². The highest BCUT2D eigenvalue weighted by Crippen LogP contribution is 1.91. The molecule has 0 amide bonds. The molecular weight excluding hydrogens is 132 g/mol. The van der Waals surface area contributed by atoms with Gasteiger partial charge in [0.1, 0.15) is 0 Å². The van der Waals surface area contributed by atoms with Crippen LogP contribution in [-0.2, 0) is 0 Å². The van der Waals surface area contributed by atoms with Crippen LogP contribution in [0.3, 0.4) is 0 Å². The molecule has 0 bridgehead atoms. The van der Waals surface area contributed by atoms with E-state index in [9.17, 15) is 0 Å². The second-order valence-corrected chi connectivity index (χ2v) is 2.98. The van der Waals surface area contributed by atoms with Gasteiger partial charge in [-0.3, -0.25) is 4.72 Å². The lowest BCUT2D eigenvalue weighted by Crippen LogP contribution is -2.08. The average Bonchev–Trinajstić information content (AvgIpc) is 1.89. The molecule has 0 atom stereocenters. The molecule has 0 aliphatic rings. The molecule has 3 heteroatoms. The van der Waals surface area contributed by atoms with Gasteiger partial charge in [0.15, 0.2) is 0 Å². The Labute approximate surface area is 61.7 Å². The minimum Gasteiger partial charge on any atom is -0.330 e. The van der Waals surface area contributed by atoms with Crippen LogP contribution in [-0.4, -0.2) is 18.8 Å². The fourth-order valence-electron chi connectivity index (χ4n) is 0.516. The highest BCUT2D eigenvalue weighted by molar-refractivity contribution is 7.97. The van der Waals surface area contributed by atoms with E-state index in [1.165, 1.54) is 6.42 Å². The Kier molecular flexibility index (Phi) is 8.52. The van der Waals surface area contributed by atoms with Gasteiger partial charge in [0.2, 0.25) is 0 Å². The van der Waals surface area contributed by atoms with Crippen molar-refractivity contribution in [3.8, 4) is 0 Å². The van der Waals surface area contributed by atoms with Gasteiger partial charge in [-0.15, -0.1) is 0 Å². The zero-order valence-corrected chi connectivity index (χ0v) is 6.84. The largest absolute Gasteiger partial charge is 0.330 e. The summed E-state index contributed by atoms with van der Waals surface area (Å²) >= 11 is 1.77. The topological polar surface area (TPSA) is 38.0 Å². The number of hydrogen-bond acceptors (Lipinski definition) is 3. The second-order valence-electron chi connectivity index (χ2n) is 1.82. The predicted molar refractivity (Wildman–Crippen MR) is 44.4 cm³/mol. The normalized spacial score (nSPS) is 10.0. The third-order valence-corrected chi connectivity index (χ3v) is 1.68. The summed E-state index contributed by atoms with van der Waals surface area (Å²) in [6.07, 6.45) is 2.33. The predicted octanol–water partition coefficient (Wildman–Crippen LogP) is 0.983. The van der Waals surface area contributed by atoms with Crippen LogP contribution in [0.1, 0.15) is 19.8 Å². The maximum Gasteiger partial charge on any atom is 0.00589 e. The van der Waals surface area contributed by atoms with Gasteiger partial charge < -0.3 is 5.73 Å². The highest BCUT2D eigenvalue weighted by Gasteiger charge is 1.84. The Morgan fingerprint density at radius 1 is 1.44 bits per heavy atom. The summed E-state index contributed by atoms with van der Waals surface area (Å²) in [5.41, 5.74) is 5.31. The van der Waals surface area contributed by atoms with Crippen molar-refractivity contribution in [3.05, 3.63) is 0 Å². The third-order valence-electron chi connectivity index (χ3n) is 0.979. The zero-order valence-electron chi connectivity index (χ0n) is 6.02. The quantitative estimate of drug-likeness (QED) is 0.435. The first kappa shape index (κ1) is 9.27. The molecule has 56 valence electrons. The van der Waals surface area contributed by atoms with Crippen LogP contribution in [0, 0.1) is 0 Å². The van der Waals surface area contributed by atoms with Crippen molar-refractivity contribution in [3.63, 3.8) is 0 Å². The molecule has 0 aromatic heterocycles. The Hall–Kier alpha value is 0.270. The summed E-state index contributed by atoms with van der Waals surface area (Å²) in [5.74, 6) is 1.14. The van der Waals surface area contributed by atoms with E-state index in [2.05, 4.69) is 11.6 Å². The molecular formula is C6H16N2S. The first-order chi connectivity index (χ1) is 4.41. The highest BCUT2D eigenvalue weighted by atomic mass is 32.2. The van der Waals surface area contributed by atoms with Crippen molar-refractivity contribution in [2.45, 2.75) is 19.8 Å². The molecule has 0 rings (SSSR count). The van der Waals surface area contributed by atoms with E-state index in [4.69, 9.17) is 5.73 Å². The molecule has 0 aromatic carbocycles. The number of nitrogens with two attached hydrogens (primary N) is 1. The fourth-order valence-corrected chi connectivity index (χ4v) is 1.01. The van der Waals surface area contributed by atoms with Gasteiger partial charge in [-0.1, -0.05) is 18.9 Å². The van der Waals surface area contributed by atoms with Gasteiger partial charge in [0, 0.05) is 12.3 Å². The van der Waals surface area contributed by atoms with Gasteiger partial charge in [-0.2, -0.15) is 0 Å². The van der Waals surface area contributed by atoms with E-state index in [1.54, 1.807) is 11.9 Å². The molecule has 9 heavy (non-hydrogen) atoms. The number of rotatable bonds is 6. The van der Waals surface area contributed by atoms with Crippen LogP contribution in [0.5, 0.6) is 0 Å². The molecule has 0 unspecified atom stereocenters. The molecule has 0 radical (unpaired) electrons. The van der Waals surface area contributed by atoms with Crippen molar-refractivity contribution in [2.24, 2.45) is 5.73 Å². The number of unbranched alkanes of at least 4 members (excludes halogenated alkanes) is 1. The van der Waals surface area contributed by atoms with E-state index in [0.717, 1.165) is 25.3 Å². The van der Waals surface area contributed by atoms with Gasteiger partial charge in [-0.25, -0.2) is 0 Å². The molecule has 3 N–H and O–H groups in total. The standard InChI is InChI=1S/C6H16N2S/c1-2-9-8-6-4-3-5-7/h8H,2-7H2,1H3. The van der Waals surface area contributed by atoms with Gasteiger partial charge >= 0.3 is 0 Å². The maximum atomic E-state index is 5.31. The van der Waals surface area contributed by atoms with Crippen LogP contribution >= 0.6 is 11.9 Å². The average molecular weight is 148 g/mol. The van der Waals surface area contributed by atoms with Crippen LogP contribution in [0.2, 0.25) is 0 Å². The summed E-state index contributed by atoms with van der Waals surface area (Å²) in [7, 11) is 0. The maximum absolute atomic E-state index is 5.31. The Balaban J connectivity index is 2.60. The van der Waals surface area contributed by atoms with E-state index in [-0.39, 0.29) is 0 Å².